The van der Waals surface area contributed by atoms with Crippen molar-refractivity contribution in [3.63, 3.8) is 0 Å². The van der Waals surface area contributed by atoms with Gasteiger partial charge in [-0.15, -0.1) is 0 Å². The van der Waals surface area contributed by atoms with Gasteiger partial charge in [-0.3, -0.25) is 4.79 Å². The summed E-state index contributed by atoms with van der Waals surface area (Å²) < 4.78 is 0. The monoisotopic (exact) mass is 382 g/mol. The van der Waals surface area contributed by atoms with Crippen LogP contribution in [0.1, 0.15) is 47.3 Å². The van der Waals surface area contributed by atoms with Crippen molar-refractivity contribution >= 4 is 5.91 Å². The first-order valence-electron chi connectivity index (χ1n) is 10.8. The average Bonchev–Trinajstić information content (AvgIpc) is 3.29. The number of carbonyl (C=O) groups is 1. The van der Waals surface area contributed by atoms with E-state index in [0.29, 0.717) is 5.69 Å². The molecular weight excluding hydrogens is 356 g/mol. The first-order chi connectivity index (χ1) is 14.3. The van der Waals surface area contributed by atoms with Gasteiger partial charge in [0, 0.05) is 24.2 Å². The number of amides is 1. The second-order valence-electron chi connectivity index (χ2n) is 8.08. The van der Waals surface area contributed by atoms with Crippen molar-refractivity contribution in [3.05, 3.63) is 77.5 Å². The molecular formula is C26H26N2O. The number of piperidine rings is 1. The van der Waals surface area contributed by atoms with Crippen LogP contribution in [-0.4, -0.2) is 28.9 Å². The number of rotatable bonds is 3. The Morgan fingerprint density at radius 2 is 1.34 bits per heavy atom. The lowest BCUT2D eigenvalue weighted by molar-refractivity contribution is 0.0719. The van der Waals surface area contributed by atoms with E-state index in [2.05, 4.69) is 48.5 Å². The highest BCUT2D eigenvalue weighted by atomic mass is 16.2. The molecule has 0 radical (unpaired) electrons. The lowest BCUT2D eigenvalue weighted by Crippen LogP contribution is -2.36. The lowest BCUT2D eigenvalue weighted by atomic mass is 9.92. The molecule has 0 saturated carbocycles. The molecule has 0 spiro atoms. The fourth-order valence-electron chi connectivity index (χ4n) is 4.81. The molecule has 146 valence electrons. The second-order valence-corrected chi connectivity index (χ2v) is 8.08. The summed E-state index contributed by atoms with van der Waals surface area (Å²) in [5.41, 5.74) is 7.57. The van der Waals surface area contributed by atoms with Crippen LogP contribution in [0.5, 0.6) is 0 Å². The Morgan fingerprint density at radius 1 is 0.724 bits per heavy atom. The minimum atomic E-state index is 0.0930. The van der Waals surface area contributed by atoms with Gasteiger partial charge in [-0.2, -0.15) is 0 Å². The third-order valence-electron chi connectivity index (χ3n) is 6.22. The highest BCUT2D eigenvalue weighted by Gasteiger charge is 2.30. The summed E-state index contributed by atoms with van der Waals surface area (Å²) in [5.74, 6) is 0.0930. The zero-order valence-electron chi connectivity index (χ0n) is 16.7. The average molecular weight is 383 g/mol. The van der Waals surface area contributed by atoms with E-state index in [1.807, 2.05) is 17.0 Å². The van der Waals surface area contributed by atoms with Crippen LogP contribution >= 0.6 is 0 Å². The van der Waals surface area contributed by atoms with Crippen molar-refractivity contribution in [2.45, 2.75) is 38.5 Å². The first kappa shape index (κ1) is 18.1. The topological polar surface area (TPSA) is 33.2 Å². The molecule has 1 aliphatic carbocycles. The third-order valence-corrected chi connectivity index (χ3v) is 6.22. The molecule has 3 nitrogen and oxygen atoms in total. The lowest BCUT2D eigenvalue weighted by Gasteiger charge is -2.28. The van der Waals surface area contributed by atoms with E-state index in [1.165, 1.54) is 17.5 Å². The summed E-state index contributed by atoms with van der Waals surface area (Å²) in [5, 5.41) is 0. The minimum Gasteiger partial charge on any atom is -0.337 e. The molecule has 2 heterocycles. The summed E-state index contributed by atoms with van der Waals surface area (Å²) in [6, 6.07) is 20.7. The van der Waals surface area contributed by atoms with Gasteiger partial charge in [0.1, 0.15) is 5.69 Å². The van der Waals surface area contributed by atoms with Gasteiger partial charge in [0.05, 0.1) is 5.69 Å². The molecule has 1 saturated heterocycles. The Labute approximate surface area is 172 Å². The standard InChI is InChI=1S/C26H26N2O/c29-26(28-17-8-3-9-18-28)25-23(19-11-4-1-5-12-19)21-15-10-16-22(21)24(27-25)20-13-6-2-7-14-20/h1-2,4-7,11-14H,3,8-10,15-18H2. The summed E-state index contributed by atoms with van der Waals surface area (Å²) in [7, 11) is 0. The number of benzene rings is 2. The van der Waals surface area contributed by atoms with Crippen molar-refractivity contribution in [1.29, 1.82) is 0 Å². The molecule has 5 rings (SSSR count). The number of aromatic nitrogens is 1. The summed E-state index contributed by atoms with van der Waals surface area (Å²) in [6.45, 7) is 1.68. The van der Waals surface area contributed by atoms with Crippen molar-refractivity contribution < 1.29 is 4.79 Å². The van der Waals surface area contributed by atoms with E-state index < -0.39 is 0 Å². The van der Waals surface area contributed by atoms with Crippen molar-refractivity contribution in [2.24, 2.45) is 0 Å². The van der Waals surface area contributed by atoms with E-state index in [1.54, 1.807) is 0 Å². The maximum atomic E-state index is 13.6. The molecule has 1 amide bonds. The largest absolute Gasteiger partial charge is 0.337 e. The Kier molecular flexibility index (Phi) is 4.89. The number of carbonyl (C=O) groups excluding carboxylic acids is 1. The SMILES string of the molecule is O=C(c1nc(-c2ccccc2)c2c(c1-c1ccccc1)CCC2)N1CCCCC1. The Bertz CT molecular complexity index is 1020. The number of hydrogen-bond donors (Lipinski definition) is 0. The van der Waals surface area contributed by atoms with Crippen LogP contribution in [-0.2, 0) is 12.8 Å². The van der Waals surface area contributed by atoms with Crippen LogP contribution in [0.3, 0.4) is 0 Å². The number of hydrogen-bond acceptors (Lipinski definition) is 2. The molecule has 29 heavy (non-hydrogen) atoms. The number of pyridine rings is 1. The van der Waals surface area contributed by atoms with Crippen molar-refractivity contribution in [1.82, 2.24) is 9.88 Å². The normalized spacial score (nSPS) is 15.9. The van der Waals surface area contributed by atoms with Crippen LogP contribution in [0.25, 0.3) is 22.4 Å². The summed E-state index contributed by atoms with van der Waals surface area (Å²) in [4.78, 5) is 20.7. The van der Waals surface area contributed by atoms with Gasteiger partial charge in [0.15, 0.2) is 0 Å². The highest BCUT2D eigenvalue weighted by Crippen LogP contribution is 2.40. The predicted molar refractivity (Wildman–Crippen MR) is 117 cm³/mol. The minimum absolute atomic E-state index is 0.0930. The van der Waals surface area contributed by atoms with Gasteiger partial charge in [0.2, 0.25) is 0 Å². The van der Waals surface area contributed by atoms with Crippen LogP contribution < -0.4 is 0 Å². The smallest absolute Gasteiger partial charge is 0.273 e. The van der Waals surface area contributed by atoms with Gasteiger partial charge < -0.3 is 4.90 Å². The predicted octanol–water partition coefficient (Wildman–Crippen LogP) is 5.53. The van der Waals surface area contributed by atoms with Crippen LogP contribution in [0.2, 0.25) is 0 Å². The number of likely N-dealkylation sites (tertiary alicyclic amines) is 1. The fourth-order valence-corrected chi connectivity index (χ4v) is 4.81. The van der Waals surface area contributed by atoms with E-state index in [4.69, 9.17) is 4.98 Å². The molecule has 1 aliphatic heterocycles. The van der Waals surface area contributed by atoms with E-state index in [-0.39, 0.29) is 5.91 Å². The molecule has 0 N–H and O–H groups in total. The quantitative estimate of drug-likeness (QED) is 0.597. The molecule has 2 aliphatic rings. The van der Waals surface area contributed by atoms with Gasteiger partial charge >= 0.3 is 0 Å². The molecule has 0 atom stereocenters. The molecule has 3 aromatic rings. The fraction of sp³-hybridized carbons (Fsp3) is 0.308. The van der Waals surface area contributed by atoms with Crippen LogP contribution in [0, 0.1) is 0 Å². The van der Waals surface area contributed by atoms with Gasteiger partial charge in [-0.05, 0) is 55.2 Å². The number of nitrogens with zero attached hydrogens (tertiary/aromatic N) is 2. The Hall–Kier alpha value is -2.94. The number of fused-ring (bicyclic) bond motifs is 1. The van der Waals surface area contributed by atoms with Crippen LogP contribution in [0.4, 0.5) is 0 Å². The molecule has 0 unspecified atom stereocenters. The molecule has 1 fully saturated rings. The van der Waals surface area contributed by atoms with E-state index >= 15 is 0 Å². The summed E-state index contributed by atoms with van der Waals surface area (Å²) in [6.07, 6.45) is 6.55. The van der Waals surface area contributed by atoms with Crippen molar-refractivity contribution in [2.75, 3.05) is 13.1 Å². The van der Waals surface area contributed by atoms with Crippen LogP contribution in [0.15, 0.2) is 60.7 Å². The van der Waals surface area contributed by atoms with E-state index in [0.717, 1.165) is 67.6 Å². The Morgan fingerprint density at radius 3 is 2.03 bits per heavy atom. The Balaban J connectivity index is 1.73. The molecule has 2 aromatic carbocycles. The van der Waals surface area contributed by atoms with Gasteiger partial charge in [-0.1, -0.05) is 60.7 Å². The van der Waals surface area contributed by atoms with Crippen molar-refractivity contribution in [3.8, 4) is 22.4 Å². The maximum absolute atomic E-state index is 13.6. The summed E-state index contributed by atoms with van der Waals surface area (Å²) >= 11 is 0. The highest BCUT2D eigenvalue weighted by molar-refractivity contribution is 6.01. The first-order valence-corrected chi connectivity index (χ1v) is 10.8. The zero-order chi connectivity index (χ0) is 19.6. The zero-order valence-corrected chi connectivity index (χ0v) is 16.7. The maximum Gasteiger partial charge on any atom is 0.273 e. The van der Waals surface area contributed by atoms with E-state index in [9.17, 15) is 4.79 Å². The molecule has 0 bridgehead atoms. The molecule has 3 heteroatoms. The molecule has 1 aromatic heterocycles. The third kappa shape index (κ3) is 3.35. The van der Waals surface area contributed by atoms with Gasteiger partial charge in [0.25, 0.3) is 5.91 Å². The second kappa shape index (κ2) is 7.82. The van der Waals surface area contributed by atoms with Gasteiger partial charge in [-0.25, -0.2) is 4.98 Å².